The predicted molar refractivity (Wildman–Crippen MR) is 102 cm³/mol. The van der Waals surface area contributed by atoms with Crippen molar-refractivity contribution in [3.8, 4) is 5.75 Å². The van der Waals surface area contributed by atoms with Crippen LogP contribution in [-0.2, 0) is 19.8 Å². The lowest BCUT2D eigenvalue weighted by Gasteiger charge is -2.14. The second kappa shape index (κ2) is 8.07. The zero-order valence-corrected chi connectivity index (χ0v) is 16.2. The Morgan fingerprint density at radius 2 is 1.93 bits per heavy atom. The molecule has 7 heteroatoms. The van der Waals surface area contributed by atoms with Crippen LogP contribution in [0, 0.1) is 13.8 Å². The molecule has 7 nitrogen and oxygen atoms in total. The van der Waals surface area contributed by atoms with Crippen molar-refractivity contribution >= 4 is 5.91 Å². The van der Waals surface area contributed by atoms with Gasteiger partial charge in [0.2, 0.25) is 0 Å². The molecule has 1 aromatic carbocycles. The van der Waals surface area contributed by atoms with Crippen LogP contribution < -0.4 is 4.74 Å². The molecule has 0 atom stereocenters. The topological polar surface area (TPSA) is 65.2 Å². The van der Waals surface area contributed by atoms with Crippen LogP contribution in [0.2, 0.25) is 0 Å². The van der Waals surface area contributed by atoms with Gasteiger partial charge >= 0.3 is 0 Å². The molecule has 0 aliphatic rings. The average molecular weight is 367 g/mol. The maximum Gasteiger partial charge on any atom is 0.274 e. The molecule has 0 bridgehead atoms. The highest BCUT2D eigenvalue weighted by Gasteiger charge is 2.16. The summed E-state index contributed by atoms with van der Waals surface area (Å²) in [6.07, 6.45) is 5.47. The summed E-state index contributed by atoms with van der Waals surface area (Å²) in [5.74, 6) is 0.658. The Labute approximate surface area is 159 Å². The molecule has 0 saturated heterocycles. The molecule has 0 fully saturated rings. The number of rotatable bonds is 7. The van der Waals surface area contributed by atoms with Gasteiger partial charge < -0.3 is 9.64 Å². The number of nitrogens with zero attached hydrogens (tertiary/aromatic N) is 5. The van der Waals surface area contributed by atoms with Crippen molar-refractivity contribution in [1.29, 1.82) is 0 Å². The quantitative estimate of drug-likeness (QED) is 0.644. The van der Waals surface area contributed by atoms with Gasteiger partial charge in [0.25, 0.3) is 5.91 Å². The van der Waals surface area contributed by atoms with Gasteiger partial charge in [0.15, 0.2) is 12.4 Å². The summed E-state index contributed by atoms with van der Waals surface area (Å²) in [6.45, 7) is 7.64. The Hall–Kier alpha value is -3.09. The number of aromatic nitrogens is 4. The molecule has 3 aromatic rings. The lowest BCUT2D eigenvalue weighted by molar-refractivity contribution is 0.0777. The number of hydrogen-bond acceptors (Lipinski definition) is 4. The maximum atomic E-state index is 12.6. The summed E-state index contributed by atoms with van der Waals surface area (Å²) in [6, 6.07) is 7.76. The fraction of sp³-hybridized carbons (Fsp3) is 0.350. The van der Waals surface area contributed by atoms with E-state index in [1.807, 2.05) is 43.8 Å². The van der Waals surface area contributed by atoms with Crippen molar-refractivity contribution in [3.05, 3.63) is 65.2 Å². The molecule has 0 unspecified atom stereocenters. The van der Waals surface area contributed by atoms with Crippen LogP contribution in [0.25, 0.3) is 0 Å². The zero-order chi connectivity index (χ0) is 19.4. The monoisotopic (exact) mass is 367 g/mol. The molecular formula is C20H25N5O2. The first-order valence-electron chi connectivity index (χ1n) is 8.96. The van der Waals surface area contributed by atoms with E-state index in [1.54, 1.807) is 35.1 Å². The van der Waals surface area contributed by atoms with Crippen molar-refractivity contribution < 1.29 is 9.53 Å². The van der Waals surface area contributed by atoms with Crippen molar-refractivity contribution in [3.63, 3.8) is 0 Å². The van der Waals surface area contributed by atoms with E-state index in [1.165, 1.54) is 0 Å². The van der Waals surface area contributed by atoms with Gasteiger partial charge in [0.05, 0.1) is 6.20 Å². The molecule has 0 N–H and O–H groups in total. The Morgan fingerprint density at radius 3 is 2.59 bits per heavy atom. The number of carbonyl (C=O) groups is 1. The number of amides is 1. The summed E-state index contributed by atoms with van der Waals surface area (Å²) in [7, 11) is 1.76. The van der Waals surface area contributed by atoms with E-state index in [9.17, 15) is 4.79 Å². The zero-order valence-electron chi connectivity index (χ0n) is 16.2. The highest BCUT2D eigenvalue weighted by atomic mass is 16.5. The normalized spacial score (nSPS) is 10.8. The minimum absolute atomic E-state index is 0.135. The van der Waals surface area contributed by atoms with Gasteiger partial charge in [-0.2, -0.15) is 10.2 Å². The molecule has 2 heterocycles. The van der Waals surface area contributed by atoms with Crippen LogP contribution in [0.4, 0.5) is 0 Å². The van der Waals surface area contributed by atoms with Crippen LogP contribution in [0.15, 0.2) is 42.9 Å². The van der Waals surface area contributed by atoms with Gasteiger partial charge in [-0.3, -0.25) is 9.48 Å². The molecule has 27 heavy (non-hydrogen) atoms. The van der Waals surface area contributed by atoms with Crippen LogP contribution in [0.5, 0.6) is 5.75 Å². The molecule has 0 spiro atoms. The molecule has 1 amide bonds. The second-order valence-corrected chi connectivity index (χ2v) is 6.70. The summed E-state index contributed by atoms with van der Waals surface area (Å²) < 4.78 is 9.24. The summed E-state index contributed by atoms with van der Waals surface area (Å²) in [5, 5.41) is 8.57. The van der Waals surface area contributed by atoms with E-state index in [2.05, 4.69) is 16.3 Å². The van der Waals surface area contributed by atoms with Gasteiger partial charge in [-0.25, -0.2) is 4.68 Å². The van der Waals surface area contributed by atoms with Crippen LogP contribution >= 0.6 is 0 Å². The van der Waals surface area contributed by atoms with E-state index < -0.39 is 0 Å². The summed E-state index contributed by atoms with van der Waals surface area (Å²) in [5.41, 5.74) is 3.68. The Bertz CT molecular complexity index is 908. The average Bonchev–Trinajstić information content (AvgIpc) is 3.27. The van der Waals surface area contributed by atoms with Crippen LogP contribution in [-0.4, -0.2) is 37.4 Å². The maximum absolute atomic E-state index is 12.6. The van der Waals surface area contributed by atoms with Gasteiger partial charge in [0, 0.05) is 38.1 Å². The van der Waals surface area contributed by atoms with Gasteiger partial charge in [-0.1, -0.05) is 6.07 Å². The standard InChI is InChI=1S/C20H25N5O2/c1-5-24-13-17(11-21-24)12-23(4)20(26)19-6-7-25(22-19)14-27-18-9-15(2)8-16(3)10-18/h6-11,13H,5,12,14H2,1-4H3. The molecule has 0 aliphatic carbocycles. The summed E-state index contributed by atoms with van der Waals surface area (Å²) in [4.78, 5) is 14.2. The minimum Gasteiger partial charge on any atom is -0.471 e. The van der Waals surface area contributed by atoms with E-state index >= 15 is 0 Å². The van der Waals surface area contributed by atoms with E-state index in [0.717, 1.165) is 29.0 Å². The fourth-order valence-corrected chi connectivity index (χ4v) is 2.91. The molecule has 0 saturated carbocycles. The highest BCUT2D eigenvalue weighted by Crippen LogP contribution is 2.16. The van der Waals surface area contributed by atoms with E-state index in [-0.39, 0.29) is 12.6 Å². The number of aryl methyl sites for hydroxylation is 3. The van der Waals surface area contributed by atoms with Gasteiger partial charge in [-0.15, -0.1) is 0 Å². The molecule has 142 valence electrons. The Balaban J connectivity index is 1.59. The van der Waals surface area contributed by atoms with Crippen molar-refractivity contribution in [2.75, 3.05) is 7.05 Å². The second-order valence-electron chi connectivity index (χ2n) is 6.70. The number of benzene rings is 1. The predicted octanol–water partition coefficient (Wildman–Crippen LogP) is 3.03. The third kappa shape index (κ3) is 4.75. The lowest BCUT2D eigenvalue weighted by atomic mass is 10.1. The summed E-state index contributed by atoms with van der Waals surface area (Å²) >= 11 is 0. The lowest BCUT2D eigenvalue weighted by Crippen LogP contribution is -2.26. The first-order valence-corrected chi connectivity index (χ1v) is 8.96. The van der Waals surface area contributed by atoms with Crippen molar-refractivity contribution in [2.45, 2.75) is 40.6 Å². The minimum atomic E-state index is -0.135. The Kier molecular flexibility index (Phi) is 5.59. The first-order chi connectivity index (χ1) is 12.9. The van der Waals surface area contributed by atoms with Gasteiger partial charge in [0.1, 0.15) is 5.75 Å². The van der Waals surface area contributed by atoms with Crippen molar-refractivity contribution in [1.82, 2.24) is 24.5 Å². The first kappa shape index (κ1) is 18.7. The van der Waals surface area contributed by atoms with Crippen LogP contribution in [0.3, 0.4) is 0 Å². The molecule has 0 radical (unpaired) electrons. The largest absolute Gasteiger partial charge is 0.471 e. The fourth-order valence-electron chi connectivity index (χ4n) is 2.91. The number of ether oxygens (including phenoxy) is 1. The SMILES string of the molecule is CCn1cc(CN(C)C(=O)c2ccn(COc3cc(C)cc(C)c3)n2)cn1. The van der Waals surface area contributed by atoms with Crippen LogP contribution in [0.1, 0.15) is 34.1 Å². The van der Waals surface area contributed by atoms with Crippen molar-refractivity contribution in [2.24, 2.45) is 0 Å². The third-order valence-corrected chi connectivity index (χ3v) is 4.20. The molecule has 0 aliphatic heterocycles. The smallest absolute Gasteiger partial charge is 0.274 e. The number of hydrogen-bond donors (Lipinski definition) is 0. The number of carbonyl (C=O) groups excluding carboxylic acids is 1. The molecule has 2 aromatic heterocycles. The molecular weight excluding hydrogens is 342 g/mol. The third-order valence-electron chi connectivity index (χ3n) is 4.20. The van der Waals surface area contributed by atoms with Gasteiger partial charge in [-0.05, 0) is 50.1 Å². The highest BCUT2D eigenvalue weighted by molar-refractivity contribution is 5.91. The molecule has 3 rings (SSSR count). The van der Waals surface area contributed by atoms with E-state index in [0.29, 0.717) is 12.2 Å². The van der Waals surface area contributed by atoms with E-state index in [4.69, 9.17) is 4.74 Å². The Morgan fingerprint density at radius 1 is 1.19 bits per heavy atom.